The molecule has 15 nitrogen and oxygen atoms in total. The molecule has 0 aliphatic carbocycles. The Morgan fingerprint density at radius 2 is 1.52 bits per heavy atom. The minimum absolute atomic E-state index is 0.0584. The Hall–Kier alpha value is -3.38. The molecule has 10 N–H and O–H groups in total. The van der Waals surface area contributed by atoms with Crippen LogP contribution >= 0.6 is 11.8 Å². The topological polar surface area (TPSA) is 266 Å². The smallest absolute Gasteiger partial charge is 0.480 e. The Bertz CT molecular complexity index is 1050. The van der Waals surface area contributed by atoms with Crippen molar-refractivity contribution in [1.82, 2.24) is 10.6 Å². The molecular formula is C20H26AsF3N4O11S. The van der Waals surface area contributed by atoms with Gasteiger partial charge in [-0.25, -0.2) is 4.79 Å². The normalized spacial score (nSPS) is 12.3. The van der Waals surface area contributed by atoms with Crippen molar-refractivity contribution < 1.29 is 65.4 Å². The summed E-state index contributed by atoms with van der Waals surface area (Å²) in [7, 11) is 0. The van der Waals surface area contributed by atoms with Gasteiger partial charge in [-0.3, -0.25) is 14.4 Å². The van der Waals surface area contributed by atoms with Crippen LogP contribution in [-0.2, 0) is 28.8 Å². The molecule has 0 aliphatic rings. The van der Waals surface area contributed by atoms with Gasteiger partial charge in [0.2, 0.25) is 0 Å². The van der Waals surface area contributed by atoms with E-state index in [1.165, 1.54) is 24.3 Å². The maximum absolute atomic E-state index is 12.2. The summed E-state index contributed by atoms with van der Waals surface area (Å²) in [5, 5.41) is 31.7. The van der Waals surface area contributed by atoms with Crippen LogP contribution in [0, 0.1) is 0 Å². The quantitative estimate of drug-likeness (QED) is 0.0938. The van der Waals surface area contributed by atoms with Crippen LogP contribution in [0.15, 0.2) is 24.3 Å². The number of thioether (sulfide) groups is 1. The van der Waals surface area contributed by atoms with Crippen molar-refractivity contribution in [2.24, 2.45) is 5.73 Å². The predicted molar refractivity (Wildman–Crippen MR) is 133 cm³/mol. The molecule has 0 fully saturated rings. The zero-order chi connectivity index (χ0) is 31.0. The van der Waals surface area contributed by atoms with Crippen molar-refractivity contribution in [2.75, 3.05) is 23.4 Å². The van der Waals surface area contributed by atoms with Gasteiger partial charge in [0.15, 0.2) is 0 Å². The van der Waals surface area contributed by atoms with Gasteiger partial charge >= 0.3 is 154 Å². The number of nitrogens with two attached hydrogens (primary N) is 1. The molecule has 1 aromatic carbocycles. The first-order chi connectivity index (χ1) is 18.4. The van der Waals surface area contributed by atoms with E-state index in [2.05, 4.69) is 16.0 Å². The minimum atomic E-state index is -5.08. The third-order valence-electron chi connectivity index (χ3n) is 4.21. The number of carbonyl (C=O) groups is 6. The number of rotatable bonds is 14. The maximum atomic E-state index is 12.2. The average Bonchev–Trinajstić information content (AvgIpc) is 2.85. The van der Waals surface area contributed by atoms with Crippen LogP contribution in [0.3, 0.4) is 0 Å². The van der Waals surface area contributed by atoms with Crippen molar-refractivity contribution in [2.45, 2.75) is 31.1 Å². The van der Waals surface area contributed by atoms with E-state index >= 15 is 0 Å². The van der Waals surface area contributed by atoms with Crippen molar-refractivity contribution in [1.29, 1.82) is 0 Å². The average molecular weight is 662 g/mol. The standard InChI is InChI=1S/C18H25AsN4O9S.C2HF3O2/c20-12(18(29)30)5-6-14(24)23-13(17(28)21-7-16(26)27)8-33-9-15(25)22-11-3-1-10(2-4-11)19(31)32;3-2(4,5)1(6)7/h1-4,12-13,31-32H,5-9,20H2,(H,21,28)(H,22,25)(H,23,24)(H,26,27)(H,29,30);(H,6,7)/t12-,13-;/m0./s1. The third kappa shape index (κ3) is 16.6. The molecule has 0 saturated carbocycles. The first-order valence-electron chi connectivity index (χ1n) is 10.7. The fourth-order valence-corrected chi connectivity index (χ4v) is 4.01. The van der Waals surface area contributed by atoms with E-state index in [0.717, 1.165) is 11.8 Å². The molecule has 1 aromatic rings. The Balaban J connectivity index is 0.00000191. The van der Waals surface area contributed by atoms with Crippen LogP contribution < -0.4 is 26.0 Å². The van der Waals surface area contributed by atoms with Crippen molar-refractivity contribution in [3.8, 4) is 0 Å². The second-order valence-corrected chi connectivity index (χ2v) is 10.7. The summed E-state index contributed by atoms with van der Waals surface area (Å²) >= 11 is -1.99. The van der Waals surface area contributed by atoms with E-state index in [0.29, 0.717) is 10.0 Å². The summed E-state index contributed by atoms with van der Waals surface area (Å²) in [5.74, 6) is -7.31. The van der Waals surface area contributed by atoms with Crippen LogP contribution in [-0.4, -0.2) is 111 Å². The van der Waals surface area contributed by atoms with E-state index in [-0.39, 0.29) is 24.3 Å². The van der Waals surface area contributed by atoms with Gasteiger partial charge in [0.25, 0.3) is 0 Å². The number of hydrogen-bond acceptors (Lipinski definition) is 10. The SMILES string of the molecule is N[C@@H](CCC(=O)N[C@@H](CSCC(=O)Nc1ccc([As](O)O)cc1)C(=O)NCC(=O)O)C(=O)O.O=C(O)C(F)(F)F. The molecule has 3 amide bonds. The molecule has 0 heterocycles. The number of nitrogens with one attached hydrogen (secondary N) is 3. The molecule has 224 valence electrons. The number of aliphatic carboxylic acids is 3. The number of carboxylic acid groups (broad SMARTS) is 3. The number of hydrogen-bond donors (Lipinski definition) is 9. The van der Waals surface area contributed by atoms with E-state index in [4.69, 9.17) is 25.8 Å². The molecule has 0 bridgehead atoms. The van der Waals surface area contributed by atoms with Gasteiger partial charge < -0.3 is 21.1 Å². The van der Waals surface area contributed by atoms with Crippen LogP contribution in [0.25, 0.3) is 0 Å². The second-order valence-electron chi connectivity index (χ2n) is 7.42. The van der Waals surface area contributed by atoms with E-state index < -0.39 is 75.8 Å². The summed E-state index contributed by atoms with van der Waals surface area (Å²) in [5.41, 5.74) is 5.77. The van der Waals surface area contributed by atoms with Crippen molar-refractivity contribution in [3.63, 3.8) is 0 Å². The van der Waals surface area contributed by atoms with E-state index in [1.54, 1.807) is 0 Å². The number of anilines is 1. The number of carboxylic acids is 3. The van der Waals surface area contributed by atoms with Gasteiger partial charge in [0.05, 0.1) is 0 Å². The summed E-state index contributed by atoms with van der Waals surface area (Å²) in [4.78, 5) is 66.7. The minimum Gasteiger partial charge on any atom is -0.480 e. The van der Waals surface area contributed by atoms with Gasteiger partial charge in [-0.2, -0.15) is 13.2 Å². The number of alkyl halides is 3. The van der Waals surface area contributed by atoms with E-state index in [9.17, 15) is 45.3 Å². The van der Waals surface area contributed by atoms with Gasteiger partial charge in [-0.1, -0.05) is 0 Å². The van der Waals surface area contributed by atoms with Gasteiger partial charge in [0.1, 0.15) is 12.6 Å². The Morgan fingerprint density at radius 1 is 0.975 bits per heavy atom. The zero-order valence-corrected chi connectivity index (χ0v) is 22.9. The predicted octanol–water partition coefficient (Wildman–Crippen LogP) is -2.45. The molecule has 0 spiro atoms. The second kappa shape index (κ2) is 18.1. The summed E-state index contributed by atoms with van der Waals surface area (Å²) < 4.78 is 50.5. The Labute approximate surface area is 233 Å². The van der Waals surface area contributed by atoms with Crippen molar-refractivity contribution >= 4 is 72.8 Å². The monoisotopic (exact) mass is 662 g/mol. The molecule has 0 radical (unpaired) electrons. The first kappa shape index (κ1) is 36.6. The fraction of sp³-hybridized carbons (Fsp3) is 0.400. The molecule has 1 rings (SSSR count). The molecular weight excluding hydrogens is 636 g/mol. The summed E-state index contributed by atoms with van der Waals surface area (Å²) in [6.45, 7) is -0.665. The number of carbonyl (C=O) groups excluding carboxylic acids is 3. The zero-order valence-electron chi connectivity index (χ0n) is 20.3. The first-order valence-corrected chi connectivity index (χ1v) is 14.4. The molecule has 0 saturated heterocycles. The Kier molecular flexibility index (Phi) is 16.5. The molecule has 0 aromatic heterocycles. The molecule has 2 atom stereocenters. The van der Waals surface area contributed by atoms with Crippen LogP contribution in [0.1, 0.15) is 12.8 Å². The molecule has 0 aliphatic heterocycles. The van der Waals surface area contributed by atoms with Crippen LogP contribution in [0.5, 0.6) is 0 Å². The summed E-state index contributed by atoms with van der Waals surface area (Å²) in [6.07, 6.45) is -5.50. The Morgan fingerprint density at radius 3 is 1.98 bits per heavy atom. The van der Waals surface area contributed by atoms with E-state index in [1.807, 2.05) is 0 Å². The fourth-order valence-electron chi connectivity index (χ4n) is 2.29. The molecule has 0 unspecified atom stereocenters. The third-order valence-corrected chi connectivity index (χ3v) is 6.84. The number of amides is 3. The van der Waals surface area contributed by atoms with Gasteiger partial charge in [-0.05, 0) is 6.42 Å². The molecule has 40 heavy (non-hydrogen) atoms. The van der Waals surface area contributed by atoms with Crippen LogP contribution in [0.4, 0.5) is 18.9 Å². The molecule has 20 heteroatoms. The van der Waals surface area contributed by atoms with Gasteiger partial charge in [0, 0.05) is 6.42 Å². The number of halogens is 3. The van der Waals surface area contributed by atoms with Crippen LogP contribution in [0.2, 0.25) is 0 Å². The summed E-state index contributed by atoms with van der Waals surface area (Å²) in [6, 6.07) is 3.58. The van der Waals surface area contributed by atoms with Crippen molar-refractivity contribution in [3.05, 3.63) is 24.3 Å². The number of benzene rings is 1. The van der Waals surface area contributed by atoms with Gasteiger partial charge in [-0.15, -0.1) is 0 Å².